The third kappa shape index (κ3) is 3.49. The summed E-state index contributed by atoms with van der Waals surface area (Å²) in [6, 6.07) is 3.47. The van der Waals surface area contributed by atoms with Crippen LogP contribution in [-0.4, -0.2) is 15.8 Å². The van der Waals surface area contributed by atoms with Crippen LogP contribution in [-0.2, 0) is 26.3 Å². The Balaban J connectivity index is 2.16. The third-order valence-electron chi connectivity index (χ3n) is 3.49. The van der Waals surface area contributed by atoms with Crippen LogP contribution in [0.4, 0.5) is 8.78 Å². The minimum absolute atomic E-state index is 0.0407. The summed E-state index contributed by atoms with van der Waals surface area (Å²) in [5.74, 6) is -1.10. The van der Waals surface area contributed by atoms with Gasteiger partial charge in [-0.25, -0.2) is 8.78 Å². The van der Waals surface area contributed by atoms with Gasteiger partial charge in [0.25, 0.3) is 0 Å². The second-order valence-corrected chi connectivity index (χ2v) is 5.85. The molecule has 0 saturated heterocycles. The van der Waals surface area contributed by atoms with E-state index in [-0.39, 0.29) is 18.0 Å². The van der Waals surface area contributed by atoms with E-state index < -0.39 is 11.6 Å². The Labute approximate surface area is 131 Å². The normalized spacial score (nSPS) is 12.7. The molecule has 3 nitrogen and oxygen atoms in total. The summed E-state index contributed by atoms with van der Waals surface area (Å²) in [7, 11) is 1.84. The Bertz CT molecular complexity index is 620. The van der Waals surface area contributed by atoms with Crippen molar-refractivity contribution in [1.82, 2.24) is 9.78 Å². The minimum Gasteiger partial charge on any atom is -0.327 e. The van der Waals surface area contributed by atoms with Crippen molar-refractivity contribution in [3.8, 4) is 0 Å². The van der Waals surface area contributed by atoms with Crippen molar-refractivity contribution in [2.75, 3.05) is 0 Å². The number of nitrogens with two attached hydrogens (primary N) is 1. The van der Waals surface area contributed by atoms with Gasteiger partial charge in [0.2, 0.25) is 0 Å². The van der Waals surface area contributed by atoms with Crippen molar-refractivity contribution < 1.29 is 8.78 Å². The van der Waals surface area contributed by atoms with Gasteiger partial charge in [0, 0.05) is 25.1 Å². The van der Waals surface area contributed by atoms with Crippen LogP contribution in [0, 0.1) is 11.6 Å². The predicted octanol–water partition coefficient (Wildman–Crippen LogP) is 3.14. The summed E-state index contributed by atoms with van der Waals surface area (Å²) in [6.45, 7) is 2.02. The van der Waals surface area contributed by atoms with Crippen molar-refractivity contribution in [1.29, 1.82) is 0 Å². The molecule has 1 aromatic carbocycles. The highest BCUT2D eigenvalue weighted by molar-refractivity contribution is 9.10. The van der Waals surface area contributed by atoms with Gasteiger partial charge in [-0.05, 0) is 40.9 Å². The van der Waals surface area contributed by atoms with Crippen LogP contribution in [0.25, 0.3) is 0 Å². The zero-order chi connectivity index (χ0) is 15.6. The maximum absolute atomic E-state index is 13.6. The number of hydrogen-bond acceptors (Lipinski definition) is 2. The maximum atomic E-state index is 13.6. The first-order valence-corrected chi connectivity index (χ1v) is 7.62. The van der Waals surface area contributed by atoms with E-state index in [1.165, 1.54) is 18.2 Å². The largest absolute Gasteiger partial charge is 0.327 e. The lowest BCUT2D eigenvalue weighted by molar-refractivity contribution is 0.528. The standard InChI is InChI=1S/C15H18BrF2N3/c1-3-13-15(16)14(21(2)20-13)8-9(19)7-10-11(17)5-4-6-12(10)18/h4-6,9H,3,7-8,19H2,1-2H3. The van der Waals surface area contributed by atoms with Crippen LogP contribution in [0.5, 0.6) is 0 Å². The topological polar surface area (TPSA) is 43.8 Å². The lowest BCUT2D eigenvalue weighted by Crippen LogP contribution is -2.27. The van der Waals surface area contributed by atoms with Gasteiger partial charge in [-0.15, -0.1) is 0 Å². The Hall–Kier alpha value is -1.27. The molecule has 0 saturated carbocycles. The van der Waals surface area contributed by atoms with E-state index in [0.717, 1.165) is 22.3 Å². The molecule has 0 aliphatic carbocycles. The number of nitrogens with zero attached hydrogens (tertiary/aromatic N) is 2. The molecular weight excluding hydrogens is 340 g/mol. The zero-order valence-electron chi connectivity index (χ0n) is 12.0. The van der Waals surface area contributed by atoms with Gasteiger partial charge in [-0.2, -0.15) is 5.10 Å². The van der Waals surface area contributed by atoms with Gasteiger partial charge < -0.3 is 5.73 Å². The van der Waals surface area contributed by atoms with Crippen molar-refractivity contribution >= 4 is 15.9 Å². The molecule has 0 bridgehead atoms. The molecule has 114 valence electrons. The summed E-state index contributed by atoms with van der Waals surface area (Å²) < 4.78 is 30.0. The van der Waals surface area contributed by atoms with Crippen LogP contribution in [0.2, 0.25) is 0 Å². The fourth-order valence-corrected chi connectivity index (χ4v) is 3.13. The average Bonchev–Trinajstić information content (AvgIpc) is 2.70. The van der Waals surface area contributed by atoms with Crippen molar-refractivity contribution in [2.24, 2.45) is 12.8 Å². The van der Waals surface area contributed by atoms with Crippen molar-refractivity contribution in [3.63, 3.8) is 0 Å². The van der Waals surface area contributed by atoms with E-state index in [2.05, 4.69) is 21.0 Å². The van der Waals surface area contributed by atoms with Gasteiger partial charge >= 0.3 is 0 Å². The second-order valence-electron chi connectivity index (χ2n) is 5.05. The number of hydrogen-bond donors (Lipinski definition) is 1. The first-order chi connectivity index (χ1) is 9.93. The van der Waals surface area contributed by atoms with Gasteiger partial charge in [0.05, 0.1) is 15.9 Å². The fraction of sp³-hybridized carbons (Fsp3) is 0.400. The molecule has 0 fully saturated rings. The molecule has 0 radical (unpaired) electrons. The van der Waals surface area contributed by atoms with Gasteiger partial charge in [0.1, 0.15) is 11.6 Å². The highest BCUT2D eigenvalue weighted by atomic mass is 79.9. The zero-order valence-corrected chi connectivity index (χ0v) is 13.6. The van der Waals surface area contributed by atoms with Crippen LogP contribution in [0.15, 0.2) is 22.7 Å². The lowest BCUT2D eigenvalue weighted by atomic mass is 10.0. The molecule has 0 aliphatic heterocycles. The molecule has 2 aromatic rings. The summed E-state index contributed by atoms with van der Waals surface area (Å²) in [4.78, 5) is 0. The number of aryl methyl sites for hydroxylation is 2. The second kappa shape index (κ2) is 6.66. The highest BCUT2D eigenvalue weighted by Crippen LogP contribution is 2.23. The molecule has 1 aromatic heterocycles. The number of halogens is 3. The summed E-state index contributed by atoms with van der Waals surface area (Å²) >= 11 is 3.52. The lowest BCUT2D eigenvalue weighted by Gasteiger charge is -2.13. The van der Waals surface area contributed by atoms with Crippen LogP contribution >= 0.6 is 15.9 Å². The summed E-state index contributed by atoms with van der Waals surface area (Å²) in [6.07, 6.45) is 1.46. The minimum atomic E-state index is -0.552. The first kappa shape index (κ1) is 16.1. The quantitative estimate of drug-likeness (QED) is 0.893. The Kier molecular flexibility index (Phi) is 5.11. The van der Waals surface area contributed by atoms with E-state index in [4.69, 9.17) is 5.73 Å². The molecule has 6 heteroatoms. The molecular formula is C15H18BrF2N3. The molecule has 1 heterocycles. The summed E-state index contributed by atoms with van der Waals surface area (Å²) in [5.41, 5.74) is 8.01. The Morgan fingerprint density at radius 2 is 1.90 bits per heavy atom. The molecule has 1 atom stereocenters. The van der Waals surface area contributed by atoms with Crippen molar-refractivity contribution in [2.45, 2.75) is 32.2 Å². The van der Waals surface area contributed by atoms with E-state index in [9.17, 15) is 8.78 Å². The van der Waals surface area contributed by atoms with E-state index in [0.29, 0.717) is 6.42 Å². The highest BCUT2D eigenvalue weighted by Gasteiger charge is 2.18. The van der Waals surface area contributed by atoms with Gasteiger partial charge in [-0.1, -0.05) is 13.0 Å². The molecule has 21 heavy (non-hydrogen) atoms. The maximum Gasteiger partial charge on any atom is 0.129 e. The first-order valence-electron chi connectivity index (χ1n) is 6.82. The molecule has 0 aliphatic rings. The van der Waals surface area contributed by atoms with E-state index >= 15 is 0 Å². The SMILES string of the molecule is CCc1nn(C)c(CC(N)Cc2c(F)cccc2F)c1Br. The molecule has 2 rings (SSSR count). The summed E-state index contributed by atoms with van der Waals surface area (Å²) in [5, 5.41) is 4.39. The average molecular weight is 358 g/mol. The molecule has 2 N–H and O–H groups in total. The molecule has 0 spiro atoms. The molecule has 1 unspecified atom stereocenters. The Morgan fingerprint density at radius 3 is 2.43 bits per heavy atom. The van der Waals surface area contributed by atoms with Crippen molar-refractivity contribution in [3.05, 3.63) is 51.3 Å². The van der Waals surface area contributed by atoms with Crippen LogP contribution < -0.4 is 5.73 Å². The van der Waals surface area contributed by atoms with Gasteiger partial charge in [-0.3, -0.25) is 4.68 Å². The van der Waals surface area contributed by atoms with E-state index in [1.54, 1.807) is 4.68 Å². The van der Waals surface area contributed by atoms with Gasteiger partial charge in [0.15, 0.2) is 0 Å². The number of aromatic nitrogens is 2. The predicted molar refractivity (Wildman–Crippen MR) is 82.0 cm³/mol. The number of rotatable bonds is 5. The van der Waals surface area contributed by atoms with Crippen LogP contribution in [0.3, 0.4) is 0 Å². The molecule has 0 amide bonds. The van der Waals surface area contributed by atoms with E-state index in [1.807, 2.05) is 14.0 Å². The fourth-order valence-electron chi connectivity index (χ4n) is 2.35. The smallest absolute Gasteiger partial charge is 0.129 e. The van der Waals surface area contributed by atoms with Crippen LogP contribution in [0.1, 0.15) is 23.9 Å². The Morgan fingerprint density at radius 1 is 1.29 bits per heavy atom. The third-order valence-corrected chi connectivity index (χ3v) is 4.40. The monoisotopic (exact) mass is 357 g/mol. The number of benzene rings is 1.